The molecule has 0 bridgehead atoms. The Kier molecular flexibility index (Phi) is 154. The van der Waals surface area contributed by atoms with Crippen LogP contribution in [0.1, 0.15) is 210 Å². The topological polar surface area (TPSA) is 0 Å². The van der Waals surface area contributed by atoms with Gasteiger partial charge in [-0.25, -0.2) is 0 Å². The molecule has 0 nitrogen and oxygen atoms in total. The van der Waals surface area contributed by atoms with Crippen LogP contribution in [0.15, 0.2) is 114 Å². The van der Waals surface area contributed by atoms with Gasteiger partial charge in [0.25, 0.3) is 0 Å². The van der Waals surface area contributed by atoms with E-state index in [0.29, 0.717) is 0 Å². The van der Waals surface area contributed by atoms with Crippen LogP contribution < -0.4 is 0 Å². The molecule has 0 aromatic carbocycles. The van der Waals surface area contributed by atoms with Crippen LogP contribution in [0.5, 0.6) is 0 Å². The minimum Gasteiger partial charge on any atom is -0.103 e. The third-order valence-corrected chi connectivity index (χ3v) is 5.91. The van der Waals surface area contributed by atoms with Gasteiger partial charge in [0.1, 0.15) is 0 Å². The SMILES string of the molecule is C=CCC.C=CCC.C=CCCCC.C=CCCCC.C=CCCCC.C=CCCCC.C=CCCCC.C=CCCCC.C=CCCCC. The predicted molar refractivity (Wildman–Crippen MR) is 249 cm³/mol. The van der Waals surface area contributed by atoms with Crippen LogP contribution in [0.25, 0.3) is 0 Å². The second kappa shape index (κ2) is 111. The molecular formula is C50H100. The van der Waals surface area contributed by atoms with Crippen molar-refractivity contribution in [3.8, 4) is 0 Å². The van der Waals surface area contributed by atoms with Crippen molar-refractivity contribution in [2.45, 2.75) is 210 Å². The van der Waals surface area contributed by atoms with E-state index in [2.05, 4.69) is 122 Å². The average molecular weight is 701 g/mol. The zero-order chi connectivity index (χ0) is 40.6. The maximum absolute atomic E-state index is 3.60. The summed E-state index contributed by atoms with van der Waals surface area (Å²) in [5.41, 5.74) is 0. The zero-order valence-electron chi connectivity index (χ0n) is 36.8. The quantitative estimate of drug-likeness (QED) is 0.0735. The van der Waals surface area contributed by atoms with Crippen molar-refractivity contribution >= 4 is 0 Å². The molecule has 300 valence electrons. The van der Waals surface area contributed by atoms with E-state index in [1.165, 1.54) is 135 Å². The van der Waals surface area contributed by atoms with Crippen molar-refractivity contribution in [3.63, 3.8) is 0 Å². The second-order valence-electron chi connectivity index (χ2n) is 11.4. The second-order valence-corrected chi connectivity index (χ2v) is 11.4. The molecule has 0 unspecified atom stereocenters. The molecule has 0 aliphatic rings. The fraction of sp³-hybridized carbons (Fsp3) is 0.640. The van der Waals surface area contributed by atoms with Crippen LogP contribution in [0, 0.1) is 0 Å². The Balaban J connectivity index is -0.0000000542. The number of unbranched alkanes of at least 4 members (excludes halogenated alkanes) is 14. The van der Waals surface area contributed by atoms with Crippen LogP contribution in [-0.4, -0.2) is 0 Å². The number of hydrogen-bond donors (Lipinski definition) is 0. The van der Waals surface area contributed by atoms with Crippen LogP contribution in [-0.2, 0) is 0 Å². The fourth-order valence-corrected chi connectivity index (χ4v) is 2.44. The normalized spacial score (nSPS) is 7.86. The van der Waals surface area contributed by atoms with Crippen molar-refractivity contribution in [2.24, 2.45) is 0 Å². The van der Waals surface area contributed by atoms with Crippen molar-refractivity contribution in [2.75, 3.05) is 0 Å². The maximum atomic E-state index is 3.60. The highest BCUT2D eigenvalue weighted by atomic mass is 13.8. The summed E-state index contributed by atoms with van der Waals surface area (Å²) in [7, 11) is 0. The zero-order valence-corrected chi connectivity index (χ0v) is 36.8. The van der Waals surface area contributed by atoms with Gasteiger partial charge in [0.05, 0.1) is 0 Å². The fourth-order valence-electron chi connectivity index (χ4n) is 2.44. The van der Waals surface area contributed by atoms with Crippen LogP contribution >= 0.6 is 0 Å². The highest BCUT2D eigenvalue weighted by Gasteiger charge is 1.74. The number of rotatable bonds is 23. The molecule has 0 spiro atoms. The molecule has 0 aromatic rings. The standard InChI is InChI=1S/7C6H12.2C4H8/c7*1-3-5-6-4-2;2*1-3-4-2/h7*3H,1,4-6H2,2H3;2*3H,1,4H2,2H3. The van der Waals surface area contributed by atoms with Crippen molar-refractivity contribution < 1.29 is 0 Å². The average Bonchev–Trinajstić information content (AvgIpc) is 3.16. The Morgan fingerprint density at radius 1 is 0.220 bits per heavy atom. The molecular weight excluding hydrogens is 601 g/mol. The minimum absolute atomic E-state index is 1.08. The summed E-state index contributed by atoms with van der Waals surface area (Å²) >= 11 is 0. The summed E-state index contributed by atoms with van der Waals surface area (Å²) in [5.74, 6) is 0. The lowest BCUT2D eigenvalue weighted by Gasteiger charge is -1.81. The first-order valence-corrected chi connectivity index (χ1v) is 20.7. The lowest BCUT2D eigenvalue weighted by atomic mass is 10.3. The smallest absolute Gasteiger partial charge is 0.0354 e. The van der Waals surface area contributed by atoms with E-state index in [0.717, 1.165) is 12.8 Å². The van der Waals surface area contributed by atoms with Crippen LogP contribution in [0.2, 0.25) is 0 Å². The van der Waals surface area contributed by atoms with Gasteiger partial charge in [0.15, 0.2) is 0 Å². The van der Waals surface area contributed by atoms with Gasteiger partial charge in [-0.15, -0.1) is 59.2 Å². The van der Waals surface area contributed by atoms with Crippen LogP contribution in [0.4, 0.5) is 0 Å². The van der Waals surface area contributed by atoms with Gasteiger partial charge >= 0.3 is 0 Å². The van der Waals surface area contributed by atoms with E-state index in [4.69, 9.17) is 0 Å². The molecule has 0 aliphatic heterocycles. The molecule has 0 N–H and O–H groups in total. The summed E-state index contributed by atoms with van der Waals surface area (Å²) < 4.78 is 0. The molecule has 0 rings (SSSR count). The summed E-state index contributed by atoms with van der Waals surface area (Å²) in [6.07, 6.45) is 45.9. The Hall–Kier alpha value is -2.34. The molecule has 0 saturated carbocycles. The molecule has 0 heterocycles. The molecule has 0 amide bonds. The van der Waals surface area contributed by atoms with E-state index < -0.39 is 0 Å². The highest BCUT2D eigenvalue weighted by molar-refractivity contribution is 4.67. The molecule has 50 heavy (non-hydrogen) atoms. The number of allylic oxidation sites excluding steroid dienone is 9. The van der Waals surface area contributed by atoms with E-state index in [1.807, 2.05) is 54.7 Å². The molecule has 0 saturated heterocycles. The Morgan fingerprint density at radius 2 is 0.320 bits per heavy atom. The first-order chi connectivity index (χ1) is 24.2. The molecule has 0 fully saturated rings. The minimum atomic E-state index is 1.08. The summed E-state index contributed by atoms with van der Waals surface area (Å²) in [6, 6.07) is 0. The van der Waals surface area contributed by atoms with Crippen molar-refractivity contribution in [1.29, 1.82) is 0 Å². The Bertz CT molecular complexity index is 420. The first-order valence-electron chi connectivity index (χ1n) is 20.7. The summed E-state index contributed by atoms with van der Waals surface area (Å²) in [5, 5.41) is 0. The first kappa shape index (κ1) is 69.4. The molecule has 0 radical (unpaired) electrons. The van der Waals surface area contributed by atoms with E-state index in [9.17, 15) is 0 Å². The Labute approximate surface area is 322 Å². The van der Waals surface area contributed by atoms with Gasteiger partial charge in [-0.05, 0) is 57.8 Å². The largest absolute Gasteiger partial charge is 0.103 e. The van der Waals surface area contributed by atoms with Crippen LogP contribution in [0.3, 0.4) is 0 Å². The summed E-state index contributed by atoms with van der Waals surface area (Å²) in [4.78, 5) is 0. The monoisotopic (exact) mass is 701 g/mol. The van der Waals surface area contributed by atoms with Gasteiger partial charge in [-0.1, -0.05) is 207 Å². The maximum Gasteiger partial charge on any atom is -0.0354 e. The van der Waals surface area contributed by atoms with E-state index >= 15 is 0 Å². The Morgan fingerprint density at radius 3 is 0.340 bits per heavy atom. The molecule has 0 aromatic heterocycles. The summed E-state index contributed by atoms with van der Waals surface area (Å²) in [6.45, 7) is 51.6. The lowest BCUT2D eigenvalue weighted by molar-refractivity contribution is 0.816. The van der Waals surface area contributed by atoms with Crippen molar-refractivity contribution in [3.05, 3.63) is 114 Å². The number of hydrogen-bond acceptors (Lipinski definition) is 0. The lowest BCUT2D eigenvalue weighted by Crippen LogP contribution is -1.61. The van der Waals surface area contributed by atoms with E-state index in [1.54, 1.807) is 0 Å². The highest BCUT2D eigenvalue weighted by Crippen LogP contribution is 1.94. The molecule has 0 heteroatoms. The van der Waals surface area contributed by atoms with Gasteiger partial charge in [0.2, 0.25) is 0 Å². The van der Waals surface area contributed by atoms with Gasteiger partial charge in [-0.2, -0.15) is 0 Å². The molecule has 0 aliphatic carbocycles. The van der Waals surface area contributed by atoms with Gasteiger partial charge in [-0.3, -0.25) is 0 Å². The third kappa shape index (κ3) is 213. The molecule has 0 atom stereocenters. The van der Waals surface area contributed by atoms with Crippen molar-refractivity contribution in [1.82, 2.24) is 0 Å². The van der Waals surface area contributed by atoms with Gasteiger partial charge < -0.3 is 0 Å². The predicted octanol–water partition coefficient (Wildman–Crippen LogP) is 19.7. The van der Waals surface area contributed by atoms with E-state index in [-0.39, 0.29) is 0 Å². The third-order valence-electron chi connectivity index (χ3n) is 5.91. The van der Waals surface area contributed by atoms with Gasteiger partial charge in [0, 0.05) is 0 Å².